The van der Waals surface area contributed by atoms with E-state index in [9.17, 15) is 14.9 Å². The van der Waals surface area contributed by atoms with Crippen LogP contribution in [-0.2, 0) is 4.79 Å². The molecule has 23 heavy (non-hydrogen) atoms. The Balaban J connectivity index is 2.08. The van der Waals surface area contributed by atoms with Gasteiger partial charge < -0.3 is 9.80 Å². The van der Waals surface area contributed by atoms with Crippen molar-refractivity contribution in [3.05, 3.63) is 31.9 Å². The Morgan fingerprint density at radius 3 is 2.52 bits per heavy atom. The van der Waals surface area contributed by atoms with Crippen molar-refractivity contribution in [2.24, 2.45) is 5.92 Å². The van der Waals surface area contributed by atoms with E-state index in [-0.39, 0.29) is 28.5 Å². The fourth-order valence-electron chi connectivity index (χ4n) is 2.82. The number of amides is 1. The molecule has 0 saturated carbocycles. The van der Waals surface area contributed by atoms with E-state index in [2.05, 4.69) is 22.6 Å². The van der Waals surface area contributed by atoms with Crippen LogP contribution in [0.2, 0.25) is 0 Å². The monoisotopic (exact) mass is 431 g/mol. The van der Waals surface area contributed by atoms with Gasteiger partial charge in [0.25, 0.3) is 5.69 Å². The van der Waals surface area contributed by atoms with E-state index in [1.54, 1.807) is 11.0 Å². The summed E-state index contributed by atoms with van der Waals surface area (Å²) in [5.41, 5.74) is 0.791. The number of halogens is 1. The van der Waals surface area contributed by atoms with E-state index in [0.29, 0.717) is 18.8 Å². The summed E-state index contributed by atoms with van der Waals surface area (Å²) >= 11 is 2.08. The summed E-state index contributed by atoms with van der Waals surface area (Å²) < 4.78 is 0.849. The fraction of sp³-hybridized carbons (Fsp3) is 0.562. The van der Waals surface area contributed by atoms with E-state index in [1.165, 1.54) is 0 Å². The molecule has 1 aliphatic heterocycles. The summed E-state index contributed by atoms with van der Waals surface area (Å²) in [6, 6.07) is 5.48. The van der Waals surface area contributed by atoms with Crippen LogP contribution in [-0.4, -0.2) is 41.9 Å². The van der Waals surface area contributed by atoms with E-state index in [0.717, 1.165) is 16.4 Å². The number of piperidine rings is 1. The lowest BCUT2D eigenvalue weighted by Gasteiger charge is -2.35. The smallest absolute Gasteiger partial charge is 0.293 e. The second-order valence-corrected chi connectivity index (χ2v) is 7.44. The number of nitro groups is 1. The maximum Gasteiger partial charge on any atom is 0.293 e. The molecule has 7 heteroatoms. The van der Waals surface area contributed by atoms with Gasteiger partial charge >= 0.3 is 0 Å². The van der Waals surface area contributed by atoms with Gasteiger partial charge in [-0.2, -0.15) is 0 Å². The highest BCUT2D eigenvalue weighted by Crippen LogP contribution is 2.33. The molecule has 1 aromatic rings. The maximum atomic E-state index is 12.4. The van der Waals surface area contributed by atoms with E-state index in [4.69, 9.17) is 0 Å². The first-order chi connectivity index (χ1) is 10.8. The largest absolute Gasteiger partial charge is 0.366 e. The second kappa shape index (κ2) is 7.46. The third kappa shape index (κ3) is 4.13. The quantitative estimate of drug-likeness (QED) is 0.417. The van der Waals surface area contributed by atoms with Crippen molar-refractivity contribution in [1.82, 2.24) is 4.90 Å². The van der Waals surface area contributed by atoms with Crippen LogP contribution in [0.5, 0.6) is 0 Å². The molecule has 0 spiro atoms. The SMILES string of the molecule is CC(C)N(C)C(=O)C1CCN(c2ccc(I)cc2[N+](=O)[O-])CC1. The number of hydrogen-bond acceptors (Lipinski definition) is 4. The van der Waals surface area contributed by atoms with Crippen LogP contribution in [0.4, 0.5) is 11.4 Å². The molecule has 0 unspecified atom stereocenters. The molecule has 1 saturated heterocycles. The number of carbonyl (C=O) groups excluding carboxylic acids is 1. The number of anilines is 1. The molecular weight excluding hydrogens is 409 g/mol. The molecule has 1 heterocycles. The normalized spacial score (nSPS) is 15.8. The first-order valence-corrected chi connectivity index (χ1v) is 8.84. The first-order valence-electron chi connectivity index (χ1n) is 7.76. The molecule has 0 aromatic heterocycles. The second-order valence-electron chi connectivity index (χ2n) is 6.19. The summed E-state index contributed by atoms with van der Waals surface area (Å²) in [7, 11) is 1.84. The van der Waals surface area contributed by atoms with Gasteiger partial charge in [0.15, 0.2) is 0 Å². The number of rotatable bonds is 4. The molecule has 126 valence electrons. The molecule has 0 N–H and O–H groups in total. The molecule has 0 bridgehead atoms. The minimum Gasteiger partial charge on any atom is -0.366 e. The summed E-state index contributed by atoms with van der Waals surface area (Å²) in [5.74, 6) is 0.193. The molecule has 1 aliphatic rings. The Bertz CT molecular complexity index is 598. The molecule has 1 amide bonds. The number of nitro benzene ring substituents is 1. The van der Waals surface area contributed by atoms with Gasteiger partial charge in [0, 0.05) is 41.7 Å². The minimum absolute atomic E-state index is 0.0153. The lowest BCUT2D eigenvalue weighted by Crippen LogP contribution is -2.43. The van der Waals surface area contributed by atoms with E-state index < -0.39 is 0 Å². The lowest BCUT2D eigenvalue weighted by molar-refractivity contribution is -0.384. The predicted molar refractivity (Wildman–Crippen MR) is 98.7 cm³/mol. The van der Waals surface area contributed by atoms with Crippen molar-refractivity contribution in [2.45, 2.75) is 32.7 Å². The van der Waals surface area contributed by atoms with Crippen molar-refractivity contribution in [3.63, 3.8) is 0 Å². The molecule has 0 radical (unpaired) electrons. The lowest BCUT2D eigenvalue weighted by atomic mass is 9.94. The number of carbonyl (C=O) groups is 1. The molecule has 0 atom stereocenters. The molecule has 2 rings (SSSR count). The van der Waals surface area contributed by atoms with Crippen LogP contribution in [0.25, 0.3) is 0 Å². The van der Waals surface area contributed by atoms with Crippen LogP contribution in [0, 0.1) is 19.6 Å². The zero-order chi connectivity index (χ0) is 17.1. The van der Waals surface area contributed by atoms with Gasteiger partial charge in [-0.1, -0.05) is 0 Å². The molecule has 1 aromatic carbocycles. The maximum absolute atomic E-state index is 12.4. The predicted octanol–water partition coefficient (Wildman–Crippen LogP) is 3.28. The molecule has 0 aliphatic carbocycles. The Hall–Kier alpha value is -1.38. The molecular formula is C16H22IN3O3. The van der Waals surface area contributed by atoms with Crippen molar-refractivity contribution in [1.29, 1.82) is 0 Å². The van der Waals surface area contributed by atoms with Gasteiger partial charge in [-0.15, -0.1) is 0 Å². The Morgan fingerprint density at radius 1 is 1.39 bits per heavy atom. The first kappa shape index (κ1) is 18.0. The van der Waals surface area contributed by atoms with Crippen LogP contribution >= 0.6 is 22.6 Å². The number of hydrogen-bond donors (Lipinski definition) is 0. The van der Waals surface area contributed by atoms with Crippen molar-refractivity contribution < 1.29 is 9.72 Å². The summed E-state index contributed by atoms with van der Waals surface area (Å²) in [6.07, 6.45) is 1.47. The summed E-state index contributed by atoms with van der Waals surface area (Å²) in [5, 5.41) is 11.3. The molecule has 6 nitrogen and oxygen atoms in total. The highest BCUT2D eigenvalue weighted by atomic mass is 127. The third-order valence-corrected chi connectivity index (χ3v) is 5.11. The van der Waals surface area contributed by atoms with E-state index >= 15 is 0 Å². The van der Waals surface area contributed by atoms with Crippen molar-refractivity contribution in [3.8, 4) is 0 Å². The summed E-state index contributed by atoms with van der Waals surface area (Å²) in [6.45, 7) is 5.34. The van der Waals surface area contributed by atoms with Crippen LogP contribution in [0.3, 0.4) is 0 Å². The van der Waals surface area contributed by atoms with Gasteiger partial charge in [0.05, 0.1) is 4.92 Å². The molecule has 1 fully saturated rings. The summed E-state index contributed by atoms with van der Waals surface area (Å²) in [4.78, 5) is 27.1. The Kier molecular flexibility index (Phi) is 5.83. The van der Waals surface area contributed by atoms with Gasteiger partial charge in [0.2, 0.25) is 5.91 Å². The van der Waals surface area contributed by atoms with Gasteiger partial charge in [0.1, 0.15) is 5.69 Å². The van der Waals surface area contributed by atoms with Crippen LogP contribution in [0.1, 0.15) is 26.7 Å². The third-order valence-electron chi connectivity index (χ3n) is 4.44. The average Bonchev–Trinajstić information content (AvgIpc) is 2.53. The standard InChI is InChI=1S/C16H22IN3O3/c1-11(2)18(3)16(21)12-6-8-19(9-7-12)14-5-4-13(17)10-15(14)20(22)23/h4-5,10-12H,6-9H2,1-3H3. The van der Waals surface area contributed by atoms with Crippen LogP contribution < -0.4 is 4.90 Å². The van der Waals surface area contributed by atoms with Crippen molar-refractivity contribution in [2.75, 3.05) is 25.0 Å². The fourth-order valence-corrected chi connectivity index (χ4v) is 3.29. The average molecular weight is 431 g/mol. The van der Waals surface area contributed by atoms with Gasteiger partial charge in [-0.25, -0.2) is 0 Å². The minimum atomic E-state index is -0.332. The highest BCUT2D eigenvalue weighted by Gasteiger charge is 2.30. The highest BCUT2D eigenvalue weighted by molar-refractivity contribution is 14.1. The van der Waals surface area contributed by atoms with Crippen molar-refractivity contribution >= 4 is 39.9 Å². The Labute approximate surface area is 150 Å². The number of nitrogens with zero attached hydrogens (tertiary/aromatic N) is 3. The zero-order valence-electron chi connectivity index (χ0n) is 13.7. The Morgan fingerprint density at radius 2 is 2.00 bits per heavy atom. The van der Waals surface area contributed by atoms with Gasteiger partial charge in [-0.05, 0) is 61.4 Å². The van der Waals surface area contributed by atoms with Crippen LogP contribution in [0.15, 0.2) is 18.2 Å². The topological polar surface area (TPSA) is 66.7 Å². The zero-order valence-corrected chi connectivity index (χ0v) is 15.8. The van der Waals surface area contributed by atoms with E-state index in [1.807, 2.05) is 37.9 Å². The van der Waals surface area contributed by atoms with Gasteiger partial charge in [-0.3, -0.25) is 14.9 Å². The number of benzene rings is 1.